The predicted octanol–water partition coefficient (Wildman–Crippen LogP) is 3.30. The molecule has 0 saturated carbocycles. The molecule has 0 aliphatic carbocycles. The number of ether oxygens (including phenoxy) is 2. The van der Waals surface area contributed by atoms with Gasteiger partial charge in [-0.25, -0.2) is 4.79 Å². The van der Waals surface area contributed by atoms with Gasteiger partial charge in [0, 0.05) is 17.8 Å². The van der Waals surface area contributed by atoms with E-state index in [1.165, 1.54) is 0 Å². The third-order valence-corrected chi connectivity index (χ3v) is 4.20. The molecule has 3 rings (SSSR count). The van der Waals surface area contributed by atoms with E-state index in [1.54, 1.807) is 29.2 Å². The Morgan fingerprint density at radius 2 is 2.00 bits per heavy atom. The van der Waals surface area contributed by atoms with Crippen molar-refractivity contribution >= 4 is 17.7 Å². The summed E-state index contributed by atoms with van der Waals surface area (Å²) in [5.74, 6) is -0.0675. The Bertz CT molecular complexity index is 763. The number of carbonyl (C=O) groups is 2. The smallest absolute Gasteiger partial charge is 0.411 e. The predicted molar refractivity (Wildman–Crippen MR) is 98.0 cm³/mol. The van der Waals surface area contributed by atoms with Crippen LogP contribution in [0.2, 0.25) is 0 Å². The molecule has 6 heteroatoms. The average molecular weight is 354 g/mol. The van der Waals surface area contributed by atoms with Crippen LogP contribution in [0.15, 0.2) is 54.6 Å². The summed E-state index contributed by atoms with van der Waals surface area (Å²) < 4.78 is 10.6. The molecule has 136 valence electrons. The van der Waals surface area contributed by atoms with Crippen LogP contribution in [0.25, 0.3) is 0 Å². The normalized spacial score (nSPS) is 16.8. The van der Waals surface area contributed by atoms with Gasteiger partial charge in [0.25, 0.3) is 5.91 Å². The maximum Gasteiger partial charge on any atom is 0.411 e. The number of anilines is 1. The lowest BCUT2D eigenvalue weighted by Gasteiger charge is -2.33. The van der Waals surface area contributed by atoms with Gasteiger partial charge in [0.2, 0.25) is 0 Å². The van der Waals surface area contributed by atoms with Gasteiger partial charge in [-0.1, -0.05) is 36.4 Å². The number of rotatable bonds is 4. The highest BCUT2D eigenvalue weighted by atomic mass is 16.5. The Kier molecular flexibility index (Phi) is 5.86. The van der Waals surface area contributed by atoms with Crippen LogP contribution in [-0.2, 0) is 16.1 Å². The van der Waals surface area contributed by atoms with Crippen molar-refractivity contribution in [1.82, 2.24) is 4.90 Å². The first-order valence-corrected chi connectivity index (χ1v) is 8.60. The zero-order chi connectivity index (χ0) is 18.4. The van der Waals surface area contributed by atoms with Gasteiger partial charge in [-0.2, -0.15) is 0 Å². The summed E-state index contributed by atoms with van der Waals surface area (Å²) in [6.07, 6.45) is -0.557. The molecule has 1 N–H and O–H groups in total. The molecule has 1 aliphatic rings. The van der Waals surface area contributed by atoms with Crippen molar-refractivity contribution in [2.45, 2.75) is 19.6 Å². The number of carbonyl (C=O) groups excluding carboxylic acids is 2. The molecule has 6 nitrogen and oxygen atoms in total. The average Bonchev–Trinajstić information content (AvgIpc) is 2.67. The van der Waals surface area contributed by atoms with E-state index in [-0.39, 0.29) is 18.6 Å². The van der Waals surface area contributed by atoms with E-state index in [9.17, 15) is 9.59 Å². The monoisotopic (exact) mass is 354 g/mol. The second kappa shape index (κ2) is 8.49. The number of hydrogen-bond acceptors (Lipinski definition) is 4. The summed E-state index contributed by atoms with van der Waals surface area (Å²) in [5, 5.41) is 2.66. The van der Waals surface area contributed by atoms with E-state index >= 15 is 0 Å². The molecule has 1 saturated heterocycles. The van der Waals surface area contributed by atoms with Crippen molar-refractivity contribution in [3.8, 4) is 0 Å². The van der Waals surface area contributed by atoms with E-state index in [0.29, 0.717) is 31.0 Å². The lowest BCUT2D eigenvalue weighted by Crippen LogP contribution is -2.47. The minimum Gasteiger partial charge on any atom is -0.444 e. The maximum absolute atomic E-state index is 12.7. The van der Waals surface area contributed by atoms with Crippen LogP contribution in [0.4, 0.5) is 10.5 Å². The summed E-state index contributed by atoms with van der Waals surface area (Å²) in [6.45, 7) is 3.79. The summed E-state index contributed by atoms with van der Waals surface area (Å²) in [6, 6.07) is 16.3. The van der Waals surface area contributed by atoms with Crippen molar-refractivity contribution < 1.29 is 19.1 Å². The molecular formula is C20H22N2O4. The Labute approximate surface area is 152 Å². The molecule has 1 atom stereocenters. The van der Waals surface area contributed by atoms with Crippen LogP contribution in [0.5, 0.6) is 0 Å². The second-order valence-corrected chi connectivity index (χ2v) is 6.19. The van der Waals surface area contributed by atoms with Crippen LogP contribution in [0.3, 0.4) is 0 Å². The first-order valence-electron chi connectivity index (χ1n) is 8.60. The van der Waals surface area contributed by atoms with Crippen molar-refractivity contribution in [2.75, 3.05) is 25.1 Å². The van der Waals surface area contributed by atoms with E-state index in [1.807, 2.05) is 37.3 Å². The maximum atomic E-state index is 12.7. The Hall–Kier alpha value is -2.86. The molecule has 1 heterocycles. The van der Waals surface area contributed by atoms with E-state index < -0.39 is 6.09 Å². The molecule has 2 aromatic rings. The van der Waals surface area contributed by atoms with Crippen molar-refractivity contribution in [3.63, 3.8) is 0 Å². The van der Waals surface area contributed by atoms with Gasteiger partial charge < -0.3 is 14.4 Å². The zero-order valence-corrected chi connectivity index (χ0v) is 14.7. The number of nitrogens with one attached hydrogen (secondary N) is 1. The first kappa shape index (κ1) is 17.9. The topological polar surface area (TPSA) is 67.9 Å². The van der Waals surface area contributed by atoms with E-state index in [2.05, 4.69) is 5.32 Å². The fourth-order valence-corrected chi connectivity index (χ4v) is 2.80. The first-order chi connectivity index (χ1) is 12.6. The molecule has 0 radical (unpaired) electrons. The van der Waals surface area contributed by atoms with Crippen LogP contribution in [0, 0.1) is 0 Å². The van der Waals surface area contributed by atoms with Gasteiger partial charge in [-0.05, 0) is 30.7 Å². The molecule has 2 amide bonds. The lowest BCUT2D eigenvalue weighted by molar-refractivity contribution is 0.00359. The summed E-state index contributed by atoms with van der Waals surface area (Å²) >= 11 is 0. The standard InChI is InChI=1S/C20H22N2O4/c1-15-13-25-11-10-22(15)19(23)17-8-5-9-18(12-17)21-20(24)26-14-16-6-3-2-4-7-16/h2-9,12,15H,10-11,13-14H2,1H3,(H,21,24). The van der Waals surface area contributed by atoms with Crippen LogP contribution >= 0.6 is 0 Å². The van der Waals surface area contributed by atoms with Gasteiger partial charge in [-0.3, -0.25) is 10.1 Å². The minimum atomic E-state index is -0.557. The van der Waals surface area contributed by atoms with Gasteiger partial charge in [0.15, 0.2) is 0 Å². The molecule has 0 spiro atoms. The second-order valence-electron chi connectivity index (χ2n) is 6.19. The zero-order valence-electron chi connectivity index (χ0n) is 14.7. The highest BCUT2D eigenvalue weighted by Gasteiger charge is 2.24. The summed E-state index contributed by atoms with van der Waals surface area (Å²) in [7, 11) is 0. The molecule has 2 aromatic carbocycles. The number of amides is 2. The molecule has 1 aliphatic heterocycles. The fourth-order valence-electron chi connectivity index (χ4n) is 2.80. The van der Waals surface area contributed by atoms with Crippen molar-refractivity contribution in [1.29, 1.82) is 0 Å². The SMILES string of the molecule is CC1COCCN1C(=O)c1cccc(NC(=O)OCc2ccccc2)c1. The van der Waals surface area contributed by atoms with Crippen LogP contribution < -0.4 is 5.32 Å². The Morgan fingerprint density at radius 3 is 2.77 bits per heavy atom. The Balaban J connectivity index is 1.60. The molecule has 0 bridgehead atoms. The van der Waals surface area contributed by atoms with Crippen LogP contribution in [-0.4, -0.2) is 42.7 Å². The molecule has 1 fully saturated rings. The number of morpholine rings is 1. The summed E-state index contributed by atoms with van der Waals surface area (Å²) in [5.41, 5.74) is 1.96. The van der Waals surface area contributed by atoms with Crippen molar-refractivity contribution in [3.05, 3.63) is 65.7 Å². The van der Waals surface area contributed by atoms with Gasteiger partial charge in [-0.15, -0.1) is 0 Å². The van der Waals surface area contributed by atoms with Gasteiger partial charge in [0.1, 0.15) is 6.61 Å². The Morgan fingerprint density at radius 1 is 1.19 bits per heavy atom. The third-order valence-electron chi connectivity index (χ3n) is 4.20. The van der Waals surface area contributed by atoms with Gasteiger partial charge >= 0.3 is 6.09 Å². The van der Waals surface area contributed by atoms with Crippen molar-refractivity contribution in [2.24, 2.45) is 0 Å². The molecule has 26 heavy (non-hydrogen) atoms. The van der Waals surface area contributed by atoms with E-state index in [4.69, 9.17) is 9.47 Å². The highest BCUT2D eigenvalue weighted by Crippen LogP contribution is 2.16. The largest absolute Gasteiger partial charge is 0.444 e. The third kappa shape index (κ3) is 4.61. The quantitative estimate of drug-likeness (QED) is 0.915. The molecule has 0 aromatic heterocycles. The fraction of sp³-hybridized carbons (Fsp3) is 0.300. The van der Waals surface area contributed by atoms with Crippen LogP contribution in [0.1, 0.15) is 22.8 Å². The molecular weight excluding hydrogens is 332 g/mol. The van der Waals surface area contributed by atoms with E-state index in [0.717, 1.165) is 5.56 Å². The number of nitrogens with zero attached hydrogens (tertiary/aromatic N) is 1. The number of benzene rings is 2. The van der Waals surface area contributed by atoms with Gasteiger partial charge in [0.05, 0.1) is 19.3 Å². The summed E-state index contributed by atoms with van der Waals surface area (Å²) in [4.78, 5) is 26.4. The lowest BCUT2D eigenvalue weighted by atomic mass is 10.1. The highest BCUT2D eigenvalue weighted by molar-refractivity contribution is 5.96. The number of hydrogen-bond donors (Lipinski definition) is 1. The molecule has 1 unspecified atom stereocenters. The minimum absolute atomic E-state index is 0.0312.